The summed E-state index contributed by atoms with van der Waals surface area (Å²) in [5.41, 5.74) is 3.72. The molecule has 11 heteroatoms. The zero-order valence-electron chi connectivity index (χ0n) is 21.6. The van der Waals surface area contributed by atoms with Crippen LogP contribution in [0.2, 0.25) is 10.0 Å². The third-order valence-corrected chi connectivity index (χ3v) is 11.0. The van der Waals surface area contributed by atoms with E-state index in [-0.39, 0.29) is 31.9 Å². The van der Waals surface area contributed by atoms with Gasteiger partial charge in [-0.1, -0.05) is 23.2 Å². The molecule has 0 radical (unpaired) electrons. The second-order valence-corrected chi connectivity index (χ2v) is 15.2. The predicted octanol–water partition coefficient (Wildman–Crippen LogP) is 8.02. The van der Waals surface area contributed by atoms with Gasteiger partial charge in [0.15, 0.2) is 4.21 Å². The maximum atomic E-state index is 13.2. The van der Waals surface area contributed by atoms with E-state index in [1.165, 1.54) is 17.7 Å². The van der Waals surface area contributed by atoms with Crippen molar-refractivity contribution in [1.29, 1.82) is 0 Å². The summed E-state index contributed by atoms with van der Waals surface area (Å²) in [6, 6.07) is 14.6. The molecule has 6 nitrogen and oxygen atoms in total. The number of fused-ring (bicyclic) bond motifs is 1. The van der Waals surface area contributed by atoms with Crippen LogP contribution in [0.4, 0.5) is 0 Å². The second kappa shape index (κ2) is 10.4. The largest absolute Gasteiger partial charge is 0.304 e. The third-order valence-electron chi connectivity index (χ3n) is 6.98. The Hall–Kier alpha value is -2.53. The highest BCUT2D eigenvalue weighted by Crippen LogP contribution is 2.43. The lowest BCUT2D eigenvalue weighted by Gasteiger charge is -2.16. The summed E-state index contributed by atoms with van der Waals surface area (Å²) >= 11 is 16.0. The maximum Gasteiger partial charge on any atom is 0.304 e. The van der Waals surface area contributed by atoms with E-state index in [9.17, 15) is 17.8 Å². The Morgan fingerprint density at radius 3 is 2.35 bits per heavy atom. The highest BCUT2D eigenvalue weighted by atomic mass is 35.5. The van der Waals surface area contributed by atoms with Crippen LogP contribution in [0.1, 0.15) is 33.9 Å². The van der Waals surface area contributed by atoms with Crippen molar-refractivity contribution in [3.05, 3.63) is 89.9 Å². The molecule has 4 heterocycles. The van der Waals surface area contributed by atoms with Gasteiger partial charge in [-0.05, 0) is 87.1 Å². The monoisotopic (exact) mass is 630 g/mol. The van der Waals surface area contributed by atoms with Crippen molar-refractivity contribution < 1.29 is 13.0 Å². The van der Waals surface area contributed by atoms with Crippen molar-refractivity contribution in [2.24, 2.45) is 5.92 Å². The number of aryl methyl sites for hydroxylation is 2. The van der Waals surface area contributed by atoms with Crippen molar-refractivity contribution in [3.63, 3.8) is 0 Å². The van der Waals surface area contributed by atoms with E-state index in [2.05, 4.69) is 19.1 Å². The first-order valence-electron chi connectivity index (χ1n) is 12.6. The van der Waals surface area contributed by atoms with E-state index >= 15 is 0 Å². The Balaban J connectivity index is 1.48. The van der Waals surface area contributed by atoms with Gasteiger partial charge in [-0.2, -0.15) is 8.42 Å². The van der Waals surface area contributed by atoms with Gasteiger partial charge in [0.05, 0.1) is 32.7 Å². The first-order chi connectivity index (χ1) is 19.0. The van der Waals surface area contributed by atoms with Crippen LogP contribution in [0.25, 0.3) is 32.6 Å². The SMILES string of the molecule is Cc1ccc(-c2nc(CC3CC3)cc3c2ccc(=O)n3Cc2cc(Cl)c(-c3cc(C)sc3S(=O)(=O)O)c(Cl)c2)s1. The number of hydrogen-bond donors (Lipinski definition) is 1. The molecule has 4 aromatic heterocycles. The Bertz CT molecular complexity index is 1950. The molecule has 0 spiro atoms. The van der Waals surface area contributed by atoms with Crippen LogP contribution in [-0.4, -0.2) is 22.5 Å². The van der Waals surface area contributed by atoms with Crippen molar-refractivity contribution >= 4 is 66.9 Å². The molecule has 6 rings (SSSR count). The zero-order valence-corrected chi connectivity index (χ0v) is 25.5. The first kappa shape index (κ1) is 27.6. The van der Waals surface area contributed by atoms with Gasteiger partial charge in [-0.15, -0.1) is 22.7 Å². The maximum absolute atomic E-state index is 13.2. The summed E-state index contributed by atoms with van der Waals surface area (Å²) in [5.74, 6) is 0.630. The highest BCUT2D eigenvalue weighted by molar-refractivity contribution is 7.88. The van der Waals surface area contributed by atoms with Crippen LogP contribution >= 0.6 is 45.9 Å². The summed E-state index contributed by atoms with van der Waals surface area (Å²) in [5, 5.41) is 1.34. The molecule has 1 aliphatic carbocycles. The van der Waals surface area contributed by atoms with Crippen LogP contribution in [0.5, 0.6) is 0 Å². The fraction of sp³-hybridized carbons (Fsp3) is 0.241. The summed E-state index contributed by atoms with van der Waals surface area (Å²) in [6.45, 7) is 4.01. The van der Waals surface area contributed by atoms with Gasteiger partial charge in [0.2, 0.25) is 0 Å². The summed E-state index contributed by atoms with van der Waals surface area (Å²) in [7, 11) is -4.47. The van der Waals surface area contributed by atoms with E-state index in [0.29, 0.717) is 21.9 Å². The summed E-state index contributed by atoms with van der Waals surface area (Å²) < 4.78 is 35.2. The molecule has 5 aromatic rings. The van der Waals surface area contributed by atoms with Gasteiger partial charge in [-0.3, -0.25) is 14.3 Å². The van der Waals surface area contributed by atoms with Gasteiger partial charge >= 0.3 is 10.1 Å². The Kier molecular flexibility index (Phi) is 7.17. The minimum atomic E-state index is -4.47. The average Bonchev–Trinajstić information content (AvgIpc) is 3.43. The molecule has 0 bridgehead atoms. The van der Waals surface area contributed by atoms with Crippen molar-refractivity contribution in [1.82, 2.24) is 9.55 Å². The van der Waals surface area contributed by atoms with E-state index in [0.717, 1.165) is 44.9 Å². The van der Waals surface area contributed by atoms with E-state index in [1.807, 2.05) is 12.1 Å². The van der Waals surface area contributed by atoms with E-state index < -0.39 is 10.1 Å². The zero-order chi connectivity index (χ0) is 28.3. The first-order valence-corrected chi connectivity index (χ1v) is 16.5. The van der Waals surface area contributed by atoms with Gasteiger partial charge in [0, 0.05) is 38.0 Å². The van der Waals surface area contributed by atoms with Crippen molar-refractivity contribution in [2.45, 2.75) is 43.9 Å². The number of hydrogen-bond acceptors (Lipinski definition) is 6. The quantitative estimate of drug-likeness (QED) is 0.184. The molecular formula is C29H24Cl2N2O4S3. The van der Waals surface area contributed by atoms with Crippen molar-refractivity contribution in [2.75, 3.05) is 0 Å². The standard InChI is InChI=1S/C29H24Cl2N2O4S3/c1-15-3-7-25(38-15)28-20-6-8-26(34)33(24(20)13-19(32-28)10-17-4-5-17)14-18-11-22(30)27(23(31)12-18)21-9-16(2)39-29(21)40(35,36)37/h3,6-9,11-13,17H,4-5,10,14H2,1-2H3,(H,35,36,37). The average molecular weight is 632 g/mol. The fourth-order valence-electron chi connectivity index (χ4n) is 4.99. The summed E-state index contributed by atoms with van der Waals surface area (Å²) in [6.07, 6.45) is 3.26. The van der Waals surface area contributed by atoms with E-state index in [1.54, 1.807) is 47.1 Å². The third kappa shape index (κ3) is 5.38. The number of pyridine rings is 2. The lowest BCUT2D eigenvalue weighted by atomic mass is 10.0. The van der Waals surface area contributed by atoms with Gasteiger partial charge in [0.1, 0.15) is 0 Å². The molecule has 0 unspecified atom stereocenters. The number of rotatable bonds is 7. The van der Waals surface area contributed by atoms with Gasteiger partial charge in [-0.25, -0.2) is 0 Å². The molecule has 206 valence electrons. The van der Waals surface area contributed by atoms with Crippen LogP contribution in [0, 0.1) is 19.8 Å². The molecule has 0 aliphatic heterocycles. The van der Waals surface area contributed by atoms with Gasteiger partial charge < -0.3 is 4.57 Å². The normalized spacial score (nSPS) is 13.8. The molecular weight excluding hydrogens is 607 g/mol. The molecule has 0 saturated heterocycles. The highest BCUT2D eigenvalue weighted by Gasteiger charge is 2.25. The number of nitrogens with zero attached hydrogens (tertiary/aromatic N) is 2. The number of benzene rings is 1. The Morgan fingerprint density at radius 2 is 1.73 bits per heavy atom. The van der Waals surface area contributed by atoms with Crippen LogP contribution in [0.3, 0.4) is 0 Å². The minimum Gasteiger partial charge on any atom is -0.304 e. The Labute approximate surface area is 249 Å². The number of thiophene rings is 2. The van der Waals surface area contributed by atoms with Crippen LogP contribution < -0.4 is 5.56 Å². The van der Waals surface area contributed by atoms with Crippen LogP contribution in [0.15, 0.2) is 57.5 Å². The molecule has 1 fully saturated rings. The molecule has 1 aliphatic rings. The smallest absolute Gasteiger partial charge is 0.304 e. The molecule has 0 amide bonds. The fourth-order valence-corrected chi connectivity index (χ4v) is 8.60. The van der Waals surface area contributed by atoms with E-state index in [4.69, 9.17) is 28.2 Å². The minimum absolute atomic E-state index is 0.164. The number of halogens is 2. The topological polar surface area (TPSA) is 89.3 Å². The molecule has 0 atom stereocenters. The molecule has 40 heavy (non-hydrogen) atoms. The Morgan fingerprint density at radius 1 is 1.00 bits per heavy atom. The molecule has 1 aromatic carbocycles. The second-order valence-electron chi connectivity index (χ2n) is 10.2. The lowest BCUT2D eigenvalue weighted by Crippen LogP contribution is -2.20. The van der Waals surface area contributed by atoms with Gasteiger partial charge in [0.25, 0.3) is 5.56 Å². The predicted molar refractivity (Wildman–Crippen MR) is 164 cm³/mol. The number of aromatic nitrogens is 2. The van der Waals surface area contributed by atoms with Crippen LogP contribution in [-0.2, 0) is 23.1 Å². The molecule has 1 saturated carbocycles. The molecule has 1 N–H and O–H groups in total. The lowest BCUT2D eigenvalue weighted by molar-refractivity contribution is 0.486. The van der Waals surface area contributed by atoms with Crippen molar-refractivity contribution in [3.8, 4) is 21.7 Å². The summed E-state index contributed by atoms with van der Waals surface area (Å²) in [4.78, 5) is 21.2.